The van der Waals surface area contributed by atoms with Gasteiger partial charge in [-0.2, -0.15) is 0 Å². The van der Waals surface area contributed by atoms with E-state index in [0.717, 1.165) is 32.7 Å². The van der Waals surface area contributed by atoms with Crippen LogP contribution in [0.5, 0.6) is 0 Å². The van der Waals surface area contributed by atoms with Crippen molar-refractivity contribution in [3.8, 4) is 0 Å². The first kappa shape index (κ1) is 13.5. The summed E-state index contributed by atoms with van der Waals surface area (Å²) in [5.74, 6) is 0. The second kappa shape index (κ2) is 6.88. The fourth-order valence-corrected chi connectivity index (χ4v) is 2.77. The number of likely N-dealkylation sites (N-methyl/N-ethyl adjacent to an activating group) is 1. The first-order chi connectivity index (χ1) is 8.83. The lowest BCUT2D eigenvalue weighted by Crippen LogP contribution is -2.37. The predicted molar refractivity (Wildman–Crippen MR) is 74.5 cm³/mol. The maximum absolute atomic E-state index is 8.99. The second-order valence-electron chi connectivity index (χ2n) is 5.02. The Labute approximate surface area is 110 Å². The zero-order chi connectivity index (χ0) is 12.8. The van der Waals surface area contributed by atoms with E-state index in [1.54, 1.807) is 0 Å². The Bertz CT molecular complexity index is 342. The summed E-state index contributed by atoms with van der Waals surface area (Å²) in [4.78, 5) is 4.91. The summed E-state index contributed by atoms with van der Waals surface area (Å²) in [7, 11) is 0. The maximum atomic E-state index is 8.99. The second-order valence-corrected chi connectivity index (χ2v) is 5.02. The van der Waals surface area contributed by atoms with Gasteiger partial charge in [0.1, 0.15) is 0 Å². The van der Waals surface area contributed by atoms with E-state index in [0.29, 0.717) is 6.04 Å². The van der Waals surface area contributed by atoms with E-state index >= 15 is 0 Å². The Balaban J connectivity index is 1.90. The van der Waals surface area contributed by atoms with Crippen molar-refractivity contribution >= 4 is 0 Å². The van der Waals surface area contributed by atoms with Crippen molar-refractivity contribution in [2.24, 2.45) is 0 Å². The monoisotopic (exact) mass is 248 g/mol. The zero-order valence-electron chi connectivity index (χ0n) is 11.3. The van der Waals surface area contributed by atoms with Gasteiger partial charge >= 0.3 is 0 Å². The molecule has 1 heterocycles. The van der Waals surface area contributed by atoms with Crippen LogP contribution < -0.4 is 0 Å². The highest BCUT2D eigenvalue weighted by Crippen LogP contribution is 2.17. The Morgan fingerprint density at radius 1 is 1.33 bits per heavy atom. The highest BCUT2D eigenvalue weighted by Gasteiger charge is 2.26. The molecule has 100 valence electrons. The smallest absolute Gasteiger partial charge is 0.0558 e. The van der Waals surface area contributed by atoms with Crippen molar-refractivity contribution in [1.29, 1.82) is 0 Å². The van der Waals surface area contributed by atoms with E-state index in [2.05, 4.69) is 47.1 Å². The fraction of sp³-hybridized carbons (Fsp3) is 0.600. The quantitative estimate of drug-likeness (QED) is 0.828. The van der Waals surface area contributed by atoms with Crippen LogP contribution in [-0.2, 0) is 6.54 Å². The Morgan fingerprint density at radius 3 is 2.78 bits per heavy atom. The highest BCUT2D eigenvalue weighted by atomic mass is 16.3. The molecule has 0 aliphatic carbocycles. The highest BCUT2D eigenvalue weighted by molar-refractivity contribution is 5.14. The van der Waals surface area contributed by atoms with E-state index in [1.807, 2.05) is 0 Å². The summed E-state index contributed by atoms with van der Waals surface area (Å²) >= 11 is 0. The van der Waals surface area contributed by atoms with Gasteiger partial charge in [-0.3, -0.25) is 9.80 Å². The minimum Gasteiger partial charge on any atom is -0.395 e. The summed E-state index contributed by atoms with van der Waals surface area (Å²) in [6, 6.07) is 11.3. The standard InChI is InChI=1S/C15H24N2O/c1-2-17(12-14-6-4-3-5-7-14)15-8-9-16(13-15)10-11-18/h3-7,15,18H,2,8-13H2,1H3/t15-/m0/s1. The van der Waals surface area contributed by atoms with E-state index in [-0.39, 0.29) is 6.61 Å². The number of aliphatic hydroxyl groups is 1. The zero-order valence-corrected chi connectivity index (χ0v) is 11.3. The third-order valence-electron chi connectivity index (χ3n) is 3.81. The van der Waals surface area contributed by atoms with Crippen LogP contribution in [0.25, 0.3) is 0 Å². The van der Waals surface area contributed by atoms with Crippen molar-refractivity contribution in [3.05, 3.63) is 35.9 Å². The molecule has 18 heavy (non-hydrogen) atoms. The first-order valence-corrected chi connectivity index (χ1v) is 6.94. The first-order valence-electron chi connectivity index (χ1n) is 6.94. The van der Waals surface area contributed by atoms with Gasteiger partial charge < -0.3 is 5.11 Å². The molecule has 0 saturated carbocycles. The molecule has 1 aromatic carbocycles. The number of β-amino-alcohol motifs (C(OH)–C–C–N with tert-alkyl or cyclic N) is 1. The molecule has 1 saturated heterocycles. The molecular weight excluding hydrogens is 224 g/mol. The van der Waals surface area contributed by atoms with E-state index in [9.17, 15) is 0 Å². The van der Waals surface area contributed by atoms with Crippen molar-refractivity contribution in [3.63, 3.8) is 0 Å². The molecule has 3 heteroatoms. The normalized spacial score (nSPS) is 20.7. The molecule has 0 spiro atoms. The van der Waals surface area contributed by atoms with E-state index < -0.39 is 0 Å². The largest absolute Gasteiger partial charge is 0.395 e. The molecule has 1 N–H and O–H groups in total. The van der Waals surface area contributed by atoms with Crippen LogP contribution in [0.4, 0.5) is 0 Å². The Kier molecular flexibility index (Phi) is 5.17. The lowest BCUT2D eigenvalue weighted by atomic mass is 10.1. The number of rotatable bonds is 6. The molecule has 2 rings (SSSR count). The van der Waals surface area contributed by atoms with Crippen molar-refractivity contribution in [2.45, 2.75) is 25.9 Å². The lowest BCUT2D eigenvalue weighted by Gasteiger charge is -2.27. The van der Waals surface area contributed by atoms with Crippen LogP contribution in [0.15, 0.2) is 30.3 Å². The van der Waals surface area contributed by atoms with Crippen LogP contribution in [0, 0.1) is 0 Å². The minimum atomic E-state index is 0.275. The third kappa shape index (κ3) is 3.55. The summed E-state index contributed by atoms with van der Waals surface area (Å²) in [6.07, 6.45) is 1.22. The SMILES string of the molecule is CCN(Cc1ccccc1)[C@H]1CCN(CCO)C1. The molecular formula is C15H24N2O. The number of nitrogens with zero attached hydrogens (tertiary/aromatic N) is 2. The van der Waals surface area contributed by atoms with Gasteiger partial charge in [-0.15, -0.1) is 0 Å². The molecule has 1 aromatic rings. The summed E-state index contributed by atoms with van der Waals surface area (Å²) in [6.45, 7) is 7.67. The van der Waals surface area contributed by atoms with Gasteiger partial charge in [0.2, 0.25) is 0 Å². The van der Waals surface area contributed by atoms with Crippen LogP contribution in [0.3, 0.4) is 0 Å². The fourth-order valence-electron chi connectivity index (χ4n) is 2.77. The topological polar surface area (TPSA) is 26.7 Å². The molecule has 0 aromatic heterocycles. The van der Waals surface area contributed by atoms with Gasteiger partial charge in [-0.1, -0.05) is 37.3 Å². The van der Waals surface area contributed by atoms with Gasteiger partial charge in [0, 0.05) is 25.7 Å². The van der Waals surface area contributed by atoms with Crippen LogP contribution >= 0.6 is 0 Å². The number of aliphatic hydroxyl groups excluding tert-OH is 1. The Hall–Kier alpha value is -0.900. The molecule has 3 nitrogen and oxygen atoms in total. The third-order valence-corrected chi connectivity index (χ3v) is 3.81. The van der Waals surface area contributed by atoms with E-state index in [1.165, 1.54) is 12.0 Å². The number of hydrogen-bond donors (Lipinski definition) is 1. The van der Waals surface area contributed by atoms with Crippen molar-refractivity contribution < 1.29 is 5.11 Å². The van der Waals surface area contributed by atoms with Gasteiger partial charge in [0.25, 0.3) is 0 Å². The number of hydrogen-bond acceptors (Lipinski definition) is 3. The average molecular weight is 248 g/mol. The molecule has 1 atom stereocenters. The molecule has 1 aliphatic heterocycles. The summed E-state index contributed by atoms with van der Waals surface area (Å²) in [5, 5.41) is 8.99. The molecule has 1 aliphatic rings. The van der Waals surface area contributed by atoms with Gasteiger partial charge in [-0.25, -0.2) is 0 Å². The minimum absolute atomic E-state index is 0.275. The van der Waals surface area contributed by atoms with Crippen LogP contribution in [0.2, 0.25) is 0 Å². The van der Waals surface area contributed by atoms with Gasteiger partial charge in [-0.05, 0) is 25.1 Å². The molecule has 0 unspecified atom stereocenters. The molecule has 0 bridgehead atoms. The van der Waals surface area contributed by atoms with Crippen LogP contribution in [0.1, 0.15) is 18.9 Å². The van der Waals surface area contributed by atoms with Gasteiger partial charge in [0.15, 0.2) is 0 Å². The predicted octanol–water partition coefficient (Wildman–Crippen LogP) is 1.58. The number of benzene rings is 1. The average Bonchev–Trinajstić information content (AvgIpc) is 2.86. The molecule has 1 fully saturated rings. The summed E-state index contributed by atoms with van der Waals surface area (Å²) in [5.41, 5.74) is 1.39. The van der Waals surface area contributed by atoms with Crippen molar-refractivity contribution in [1.82, 2.24) is 9.80 Å². The van der Waals surface area contributed by atoms with Crippen molar-refractivity contribution in [2.75, 3.05) is 32.8 Å². The molecule has 0 radical (unpaired) electrons. The Morgan fingerprint density at radius 2 is 2.11 bits per heavy atom. The van der Waals surface area contributed by atoms with E-state index in [4.69, 9.17) is 5.11 Å². The molecule has 0 amide bonds. The van der Waals surface area contributed by atoms with Crippen LogP contribution in [-0.4, -0.2) is 53.7 Å². The maximum Gasteiger partial charge on any atom is 0.0558 e. The lowest BCUT2D eigenvalue weighted by molar-refractivity contribution is 0.178. The number of likely N-dealkylation sites (tertiary alicyclic amines) is 1. The summed E-state index contributed by atoms with van der Waals surface area (Å²) < 4.78 is 0. The van der Waals surface area contributed by atoms with Gasteiger partial charge in [0.05, 0.1) is 6.61 Å².